The van der Waals surface area contributed by atoms with Gasteiger partial charge < -0.3 is 0 Å². The van der Waals surface area contributed by atoms with Crippen LogP contribution in [0.4, 0.5) is 8.78 Å². The van der Waals surface area contributed by atoms with E-state index >= 15 is 0 Å². The van der Waals surface area contributed by atoms with Gasteiger partial charge in [0.05, 0.1) is 5.39 Å². The largest absolute Gasteiger partial charge is 0.272 e. The molecule has 3 aromatic rings. The van der Waals surface area contributed by atoms with Crippen molar-refractivity contribution in [2.75, 3.05) is 0 Å². The van der Waals surface area contributed by atoms with Crippen molar-refractivity contribution in [1.29, 1.82) is 0 Å². The molecule has 2 aromatic carbocycles. The maximum absolute atomic E-state index is 13.8. The number of hydrogen-bond acceptors (Lipinski definition) is 2. The Kier molecular flexibility index (Phi) is 2.59. The van der Waals surface area contributed by atoms with Crippen LogP contribution in [0.5, 0.6) is 0 Å². The fourth-order valence-electron chi connectivity index (χ4n) is 2.00. The van der Waals surface area contributed by atoms with Gasteiger partial charge in [-0.05, 0) is 18.2 Å². The summed E-state index contributed by atoms with van der Waals surface area (Å²) in [5.74, 6) is -1.38. The zero-order valence-electron chi connectivity index (χ0n) is 9.65. The van der Waals surface area contributed by atoms with Crippen LogP contribution >= 0.6 is 0 Å². The minimum absolute atomic E-state index is 0.147. The van der Waals surface area contributed by atoms with E-state index in [1.165, 1.54) is 6.07 Å². The fraction of sp³-hybridized carbons (Fsp3) is 0. The van der Waals surface area contributed by atoms with Gasteiger partial charge in [-0.25, -0.2) is 13.9 Å². The van der Waals surface area contributed by atoms with E-state index in [1.807, 2.05) is 0 Å². The van der Waals surface area contributed by atoms with E-state index in [9.17, 15) is 13.6 Å². The molecule has 1 N–H and O–H groups in total. The minimum atomic E-state index is -0.718. The topological polar surface area (TPSA) is 45.8 Å². The molecule has 94 valence electrons. The van der Waals surface area contributed by atoms with E-state index in [2.05, 4.69) is 10.2 Å². The molecular formula is C14H8F2N2O. The average Bonchev–Trinajstić information content (AvgIpc) is 2.41. The third-order valence-electron chi connectivity index (χ3n) is 2.88. The monoisotopic (exact) mass is 258 g/mol. The van der Waals surface area contributed by atoms with Gasteiger partial charge in [-0.1, -0.05) is 18.2 Å². The van der Waals surface area contributed by atoms with Gasteiger partial charge in [0.15, 0.2) is 0 Å². The van der Waals surface area contributed by atoms with Gasteiger partial charge in [0.25, 0.3) is 5.56 Å². The molecule has 0 saturated carbocycles. The van der Waals surface area contributed by atoms with Crippen molar-refractivity contribution >= 4 is 10.8 Å². The molecule has 0 bridgehead atoms. The van der Waals surface area contributed by atoms with Crippen LogP contribution in [-0.2, 0) is 0 Å². The molecule has 0 unspecified atom stereocenters. The maximum Gasteiger partial charge on any atom is 0.272 e. The highest BCUT2D eigenvalue weighted by Gasteiger charge is 2.12. The fourth-order valence-corrected chi connectivity index (χ4v) is 2.00. The Bertz CT molecular complexity index is 827. The van der Waals surface area contributed by atoms with E-state index in [1.54, 1.807) is 24.3 Å². The molecule has 0 aliphatic carbocycles. The molecule has 3 nitrogen and oxygen atoms in total. The molecule has 5 heteroatoms. The molecule has 0 atom stereocenters. The quantitative estimate of drug-likeness (QED) is 0.729. The summed E-state index contributed by atoms with van der Waals surface area (Å²) < 4.78 is 26.7. The standard InChI is InChI=1S/C14H8F2N2O/c15-8-5-6-11(12(16)7-8)13-9-3-1-2-4-10(9)14(19)18-17-13/h1-7H,(H,18,19). The van der Waals surface area contributed by atoms with E-state index < -0.39 is 11.6 Å². The number of aromatic amines is 1. The SMILES string of the molecule is O=c1[nH]nc(-c2ccc(F)cc2F)c2ccccc12. The first-order valence-electron chi connectivity index (χ1n) is 5.59. The molecular weight excluding hydrogens is 250 g/mol. The molecule has 0 fully saturated rings. The second-order valence-electron chi connectivity index (χ2n) is 4.07. The lowest BCUT2D eigenvalue weighted by Gasteiger charge is -2.06. The molecule has 0 radical (unpaired) electrons. The summed E-state index contributed by atoms with van der Waals surface area (Å²) in [6, 6.07) is 9.99. The van der Waals surface area contributed by atoms with Crippen molar-refractivity contribution in [2.24, 2.45) is 0 Å². The van der Waals surface area contributed by atoms with Crippen molar-refractivity contribution in [1.82, 2.24) is 10.2 Å². The van der Waals surface area contributed by atoms with Crippen LogP contribution in [0.25, 0.3) is 22.0 Å². The molecule has 1 heterocycles. The van der Waals surface area contributed by atoms with Crippen LogP contribution in [0.2, 0.25) is 0 Å². The number of nitrogens with zero attached hydrogens (tertiary/aromatic N) is 1. The summed E-state index contributed by atoms with van der Waals surface area (Å²) in [5, 5.41) is 7.12. The molecule has 0 aliphatic heterocycles. The predicted octanol–water partition coefficient (Wildman–Crippen LogP) is 2.87. The average molecular weight is 258 g/mol. The zero-order valence-corrected chi connectivity index (χ0v) is 9.65. The third-order valence-corrected chi connectivity index (χ3v) is 2.88. The van der Waals surface area contributed by atoms with Crippen molar-refractivity contribution in [3.63, 3.8) is 0 Å². The Morgan fingerprint density at radius 3 is 2.47 bits per heavy atom. The highest BCUT2D eigenvalue weighted by molar-refractivity contribution is 5.93. The number of benzene rings is 2. The Morgan fingerprint density at radius 2 is 1.74 bits per heavy atom. The first-order valence-corrected chi connectivity index (χ1v) is 5.59. The Labute approximate surface area is 106 Å². The Hall–Kier alpha value is -2.56. The van der Waals surface area contributed by atoms with Gasteiger partial charge >= 0.3 is 0 Å². The first-order chi connectivity index (χ1) is 9.16. The molecule has 0 aliphatic rings. The van der Waals surface area contributed by atoms with Crippen molar-refractivity contribution < 1.29 is 8.78 Å². The van der Waals surface area contributed by atoms with Gasteiger partial charge in [0, 0.05) is 17.0 Å². The summed E-state index contributed by atoms with van der Waals surface area (Å²) in [5.41, 5.74) is 0.0865. The van der Waals surface area contributed by atoms with Crippen molar-refractivity contribution in [3.8, 4) is 11.3 Å². The zero-order chi connectivity index (χ0) is 13.4. The number of hydrogen-bond donors (Lipinski definition) is 1. The van der Waals surface area contributed by atoms with Gasteiger partial charge in [-0.2, -0.15) is 5.10 Å². The van der Waals surface area contributed by atoms with Gasteiger partial charge in [-0.3, -0.25) is 4.79 Å². The number of aromatic nitrogens is 2. The molecule has 19 heavy (non-hydrogen) atoms. The number of rotatable bonds is 1. The summed E-state index contributed by atoms with van der Waals surface area (Å²) in [4.78, 5) is 11.6. The van der Waals surface area contributed by atoms with Crippen LogP contribution < -0.4 is 5.56 Å². The van der Waals surface area contributed by atoms with E-state index in [4.69, 9.17) is 0 Å². The van der Waals surface area contributed by atoms with Crippen LogP contribution in [0, 0.1) is 11.6 Å². The minimum Gasteiger partial charge on any atom is -0.267 e. The first kappa shape index (κ1) is 11.5. The summed E-state index contributed by atoms with van der Waals surface area (Å²) in [7, 11) is 0. The van der Waals surface area contributed by atoms with Crippen molar-refractivity contribution in [3.05, 3.63) is 64.5 Å². The molecule has 0 amide bonds. The number of H-pyrrole nitrogens is 1. The maximum atomic E-state index is 13.8. The van der Waals surface area contributed by atoms with Crippen LogP contribution in [0.1, 0.15) is 0 Å². The highest BCUT2D eigenvalue weighted by atomic mass is 19.1. The van der Waals surface area contributed by atoms with Gasteiger partial charge in [0.1, 0.15) is 17.3 Å². The van der Waals surface area contributed by atoms with Crippen LogP contribution in [0.3, 0.4) is 0 Å². The lowest BCUT2D eigenvalue weighted by atomic mass is 10.0. The highest BCUT2D eigenvalue weighted by Crippen LogP contribution is 2.26. The molecule has 0 spiro atoms. The van der Waals surface area contributed by atoms with E-state index in [-0.39, 0.29) is 16.8 Å². The number of halogens is 2. The van der Waals surface area contributed by atoms with E-state index in [0.717, 1.165) is 12.1 Å². The van der Waals surface area contributed by atoms with Crippen molar-refractivity contribution in [2.45, 2.75) is 0 Å². The van der Waals surface area contributed by atoms with E-state index in [0.29, 0.717) is 10.8 Å². The number of fused-ring (bicyclic) bond motifs is 1. The molecule has 0 saturated heterocycles. The lowest BCUT2D eigenvalue weighted by molar-refractivity contribution is 0.585. The summed E-state index contributed by atoms with van der Waals surface area (Å²) >= 11 is 0. The predicted molar refractivity (Wildman–Crippen MR) is 67.7 cm³/mol. The smallest absolute Gasteiger partial charge is 0.267 e. The lowest BCUT2D eigenvalue weighted by Crippen LogP contribution is -2.09. The second kappa shape index (κ2) is 4.28. The molecule has 1 aromatic heterocycles. The Balaban J connectivity index is 2.37. The molecule has 3 rings (SSSR count). The second-order valence-corrected chi connectivity index (χ2v) is 4.07. The van der Waals surface area contributed by atoms with Crippen LogP contribution in [0.15, 0.2) is 47.3 Å². The third kappa shape index (κ3) is 1.89. The summed E-state index contributed by atoms with van der Waals surface area (Å²) in [6.45, 7) is 0. The van der Waals surface area contributed by atoms with Crippen LogP contribution in [-0.4, -0.2) is 10.2 Å². The van der Waals surface area contributed by atoms with Gasteiger partial charge in [-0.15, -0.1) is 0 Å². The van der Waals surface area contributed by atoms with Gasteiger partial charge in [0.2, 0.25) is 0 Å². The summed E-state index contributed by atoms with van der Waals surface area (Å²) in [6.07, 6.45) is 0. The number of nitrogens with one attached hydrogen (secondary N) is 1. The Morgan fingerprint density at radius 1 is 1.00 bits per heavy atom. The normalized spacial score (nSPS) is 10.8.